The van der Waals surface area contributed by atoms with Crippen molar-refractivity contribution in [1.29, 1.82) is 0 Å². The molecule has 1 N–H and O–H groups in total. The Hall–Kier alpha value is -2.63. The third-order valence-corrected chi connectivity index (χ3v) is 3.33. The van der Waals surface area contributed by atoms with E-state index in [0.717, 1.165) is 5.56 Å². The molecule has 1 amide bonds. The highest BCUT2D eigenvalue weighted by Crippen LogP contribution is 2.21. The molecule has 0 unspecified atom stereocenters. The summed E-state index contributed by atoms with van der Waals surface area (Å²) in [5.41, 5.74) is 2.13. The molecule has 0 aliphatic rings. The predicted octanol–water partition coefficient (Wildman–Crippen LogP) is 2.26. The molecular formula is C17H20N2O4. The Morgan fingerprint density at radius 1 is 1.22 bits per heavy atom. The third-order valence-electron chi connectivity index (χ3n) is 3.33. The maximum Gasteiger partial charge on any atom is 0.307 e. The lowest BCUT2D eigenvalue weighted by molar-refractivity contribution is -0.140. The molecule has 0 spiro atoms. The first-order valence-electron chi connectivity index (χ1n) is 7.43. The number of rotatable bonds is 7. The second kappa shape index (κ2) is 8.12. The van der Waals surface area contributed by atoms with E-state index in [1.165, 1.54) is 12.7 Å². The molecule has 0 radical (unpaired) electrons. The summed E-state index contributed by atoms with van der Waals surface area (Å²) in [6.45, 7) is 2.29. The van der Waals surface area contributed by atoms with E-state index in [-0.39, 0.29) is 31.3 Å². The van der Waals surface area contributed by atoms with Crippen LogP contribution in [0.5, 0.6) is 0 Å². The van der Waals surface area contributed by atoms with E-state index in [2.05, 4.69) is 15.0 Å². The summed E-state index contributed by atoms with van der Waals surface area (Å²) in [5, 5.41) is 2.65. The summed E-state index contributed by atoms with van der Waals surface area (Å²) in [4.78, 5) is 26.8. The van der Waals surface area contributed by atoms with E-state index in [0.29, 0.717) is 18.1 Å². The van der Waals surface area contributed by atoms with Crippen molar-refractivity contribution in [3.05, 3.63) is 41.9 Å². The number of methoxy groups -OCH3 is 1. The Labute approximate surface area is 134 Å². The molecule has 6 heteroatoms. The minimum Gasteiger partial charge on any atom is -0.469 e. The summed E-state index contributed by atoms with van der Waals surface area (Å²) >= 11 is 0. The minimum absolute atomic E-state index is 0.149. The quantitative estimate of drug-likeness (QED) is 0.792. The molecule has 23 heavy (non-hydrogen) atoms. The van der Waals surface area contributed by atoms with Crippen molar-refractivity contribution in [3.8, 4) is 11.3 Å². The van der Waals surface area contributed by atoms with Gasteiger partial charge in [0.05, 0.1) is 19.7 Å². The maximum absolute atomic E-state index is 11.7. The number of nitrogens with zero attached hydrogens (tertiary/aromatic N) is 1. The lowest BCUT2D eigenvalue weighted by Crippen LogP contribution is -2.26. The van der Waals surface area contributed by atoms with E-state index >= 15 is 0 Å². The van der Waals surface area contributed by atoms with Crippen LogP contribution in [0.4, 0.5) is 0 Å². The molecule has 0 saturated heterocycles. The molecule has 0 aliphatic heterocycles. The number of esters is 1. The molecular weight excluding hydrogens is 296 g/mol. The van der Waals surface area contributed by atoms with Gasteiger partial charge in [-0.1, -0.05) is 29.8 Å². The van der Waals surface area contributed by atoms with Gasteiger partial charge < -0.3 is 14.5 Å². The number of carbonyl (C=O) groups is 2. The highest BCUT2D eigenvalue weighted by Gasteiger charge is 2.09. The average Bonchev–Trinajstić information content (AvgIpc) is 3.02. The standard InChI is InChI=1S/C17H20N2O4/c1-12-3-5-13(6-4-12)14-11-19-16(23-14)8-7-15(20)18-10-9-17(21)22-2/h3-6,11H,7-10H2,1-2H3,(H,18,20). The normalized spacial score (nSPS) is 10.3. The minimum atomic E-state index is -0.347. The first-order valence-corrected chi connectivity index (χ1v) is 7.43. The zero-order chi connectivity index (χ0) is 16.7. The lowest BCUT2D eigenvalue weighted by atomic mass is 10.1. The van der Waals surface area contributed by atoms with Crippen molar-refractivity contribution in [2.75, 3.05) is 13.7 Å². The summed E-state index contributed by atoms with van der Waals surface area (Å²) in [6.07, 6.45) is 2.50. The summed E-state index contributed by atoms with van der Waals surface area (Å²) < 4.78 is 10.2. The van der Waals surface area contributed by atoms with Gasteiger partial charge in [0.25, 0.3) is 0 Å². The Morgan fingerprint density at radius 3 is 2.65 bits per heavy atom. The Morgan fingerprint density at radius 2 is 1.96 bits per heavy atom. The average molecular weight is 316 g/mol. The zero-order valence-electron chi connectivity index (χ0n) is 13.3. The van der Waals surface area contributed by atoms with Gasteiger partial charge in [0, 0.05) is 24.9 Å². The van der Waals surface area contributed by atoms with Gasteiger partial charge >= 0.3 is 5.97 Å². The molecule has 0 fully saturated rings. The topological polar surface area (TPSA) is 81.4 Å². The molecule has 2 rings (SSSR count). The Balaban J connectivity index is 1.79. The van der Waals surface area contributed by atoms with Crippen LogP contribution in [0.15, 0.2) is 34.9 Å². The van der Waals surface area contributed by atoms with E-state index in [1.807, 2.05) is 31.2 Å². The van der Waals surface area contributed by atoms with Crippen LogP contribution < -0.4 is 5.32 Å². The second-order valence-corrected chi connectivity index (χ2v) is 5.16. The zero-order valence-corrected chi connectivity index (χ0v) is 13.3. The van der Waals surface area contributed by atoms with E-state index in [4.69, 9.17) is 4.42 Å². The van der Waals surface area contributed by atoms with Crippen LogP contribution in [0.1, 0.15) is 24.3 Å². The van der Waals surface area contributed by atoms with Crippen molar-refractivity contribution in [3.63, 3.8) is 0 Å². The number of amides is 1. The van der Waals surface area contributed by atoms with Gasteiger partial charge in [-0.15, -0.1) is 0 Å². The van der Waals surface area contributed by atoms with Crippen LogP contribution in [0.3, 0.4) is 0 Å². The van der Waals surface area contributed by atoms with Crippen LogP contribution in [-0.4, -0.2) is 30.5 Å². The number of aromatic nitrogens is 1. The molecule has 2 aromatic rings. The van der Waals surface area contributed by atoms with Gasteiger partial charge in [-0.3, -0.25) is 9.59 Å². The Kier molecular flexibility index (Phi) is 5.91. The number of hydrogen-bond acceptors (Lipinski definition) is 5. The molecule has 122 valence electrons. The maximum atomic E-state index is 11.7. The summed E-state index contributed by atoms with van der Waals surface area (Å²) in [6, 6.07) is 7.96. The number of hydrogen-bond donors (Lipinski definition) is 1. The molecule has 1 aromatic carbocycles. The molecule has 6 nitrogen and oxygen atoms in total. The van der Waals surface area contributed by atoms with E-state index < -0.39 is 0 Å². The van der Waals surface area contributed by atoms with Gasteiger partial charge in [0.15, 0.2) is 11.7 Å². The fourth-order valence-corrected chi connectivity index (χ4v) is 1.99. The van der Waals surface area contributed by atoms with Crippen molar-refractivity contribution in [2.45, 2.75) is 26.2 Å². The first kappa shape index (κ1) is 16.7. The van der Waals surface area contributed by atoms with Crippen LogP contribution in [0.2, 0.25) is 0 Å². The van der Waals surface area contributed by atoms with Gasteiger partial charge in [0.1, 0.15) is 0 Å². The van der Waals surface area contributed by atoms with Gasteiger partial charge in [-0.05, 0) is 6.92 Å². The van der Waals surface area contributed by atoms with E-state index in [1.54, 1.807) is 6.20 Å². The first-order chi connectivity index (χ1) is 11.1. The smallest absolute Gasteiger partial charge is 0.307 e. The number of benzene rings is 1. The molecule has 0 aliphatic carbocycles. The van der Waals surface area contributed by atoms with Crippen molar-refractivity contribution in [1.82, 2.24) is 10.3 Å². The van der Waals surface area contributed by atoms with Gasteiger partial charge in [0.2, 0.25) is 5.91 Å². The van der Waals surface area contributed by atoms with Gasteiger partial charge in [-0.2, -0.15) is 0 Å². The lowest BCUT2D eigenvalue weighted by Gasteiger charge is -2.03. The Bertz CT molecular complexity index is 661. The molecule has 0 bridgehead atoms. The number of aryl methyl sites for hydroxylation is 2. The van der Waals surface area contributed by atoms with Crippen LogP contribution in [0, 0.1) is 6.92 Å². The van der Waals surface area contributed by atoms with Crippen molar-refractivity contribution >= 4 is 11.9 Å². The van der Waals surface area contributed by atoms with Crippen LogP contribution >= 0.6 is 0 Å². The number of ether oxygens (including phenoxy) is 1. The van der Waals surface area contributed by atoms with Crippen LogP contribution in [0.25, 0.3) is 11.3 Å². The monoisotopic (exact) mass is 316 g/mol. The molecule has 0 atom stereocenters. The second-order valence-electron chi connectivity index (χ2n) is 5.16. The van der Waals surface area contributed by atoms with Crippen molar-refractivity contribution in [2.24, 2.45) is 0 Å². The number of carbonyl (C=O) groups excluding carboxylic acids is 2. The predicted molar refractivity (Wildman–Crippen MR) is 84.6 cm³/mol. The highest BCUT2D eigenvalue weighted by molar-refractivity contribution is 5.77. The SMILES string of the molecule is COC(=O)CCNC(=O)CCc1ncc(-c2ccc(C)cc2)o1. The van der Waals surface area contributed by atoms with Crippen LogP contribution in [-0.2, 0) is 20.7 Å². The fourth-order valence-electron chi connectivity index (χ4n) is 1.99. The van der Waals surface area contributed by atoms with Crippen molar-refractivity contribution < 1.29 is 18.7 Å². The molecule has 1 aromatic heterocycles. The third kappa shape index (κ3) is 5.25. The molecule has 0 saturated carbocycles. The van der Waals surface area contributed by atoms with Gasteiger partial charge in [-0.25, -0.2) is 4.98 Å². The fraction of sp³-hybridized carbons (Fsp3) is 0.353. The largest absolute Gasteiger partial charge is 0.469 e. The number of oxazole rings is 1. The summed E-state index contributed by atoms with van der Waals surface area (Å²) in [5.74, 6) is 0.708. The summed E-state index contributed by atoms with van der Waals surface area (Å²) in [7, 11) is 1.32. The number of nitrogens with one attached hydrogen (secondary N) is 1. The molecule has 1 heterocycles. The highest BCUT2D eigenvalue weighted by atomic mass is 16.5. The van der Waals surface area contributed by atoms with E-state index in [9.17, 15) is 9.59 Å².